The topological polar surface area (TPSA) is 68.5 Å². The number of amides is 1. The van der Waals surface area contributed by atoms with Crippen LogP contribution in [-0.2, 0) is 4.74 Å². The van der Waals surface area contributed by atoms with Crippen molar-refractivity contribution in [2.75, 3.05) is 19.8 Å². The second-order valence-electron chi connectivity index (χ2n) is 6.68. The lowest BCUT2D eigenvalue weighted by atomic mass is 10.1. The molecule has 2 fully saturated rings. The zero-order valence-electron chi connectivity index (χ0n) is 13.5. The third kappa shape index (κ3) is 2.72. The number of hydrogen-bond donors (Lipinski definition) is 0. The predicted octanol–water partition coefficient (Wildman–Crippen LogP) is 2.48. The van der Waals surface area contributed by atoms with Crippen LogP contribution in [0.15, 0.2) is 10.6 Å². The minimum atomic E-state index is 0.0706. The van der Waals surface area contributed by atoms with Crippen LogP contribution < -0.4 is 0 Å². The van der Waals surface area contributed by atoms with Crippen LogP contribution in [0, 0.1) is 19.8 Å². The van der Waals surface area contributed by atoms with E-state index in [4.69, 9.17) is 9.26 Å². The molecule has 6 nitrogen and oxygen atoms in total. The van der Waals surface area contributed by atoms with Crippen LogP contribution in [0.5, 0.6) is 0 Å². The van der Waals surface area contributed by atoms with E-state index in [-0.39, 0.29) is 5.91 Å². The first kappa shape index (κ1) is 14.6. The quantitative estimate of drug-likeness (QED) is 0.867. The Labute approximate surface area is 134 Å². The first-order valence-electron chi connectivity index (χ1n) is 8.26. The molecule has 2 aromatic heterocycles. The predicted molar refractivity (Wildman–Crippen MR) is 84.3 cm³/mol. The van der Waals surface area contributed by atoms with Crippen molar-refractivity contribution in [3.8, 4) is 0 Å². The summed E-state index contributed by atoms with van der Waals surface area (Å²) < 4.78 is 10.7. The molecule has 1 aliphatic carbocycles. The number of ether oxygens (including phenoxy) is 1. The molecule has 0 bridgehead atoms. The number of fused-ring (bicyclic) bond motifs is 1. The van der Waals surface area contributed by atoms with E-state index >= 15 is 0 Å². The lowest BCUT2D eigenvalue weighted by molar-refractivity contribution is 0.0708. The second kappa shape index (κ2) is 5.60. The molecule has 2 aliphatic rings. The molecule has 1 aliphatic heterocycles. The van der Waals surface area contributed by atoms with Crippen LogP contribution in [-0.4, -0.2) is 46.7 Å². The Morgan fingerprint density at radius 1 is 1.35 bits per heavy atom. The van der Waals surface area contributed by atoms with Crippen LogP contribution >= 0.6 is 0 Å². The average molecular weight is 315 g/mol. The average Bonchev–Trinajstić information content (AvgIpc) is 3.12. The summed E-state index contributed by atoms with van der Waals surface area (Å²) >= 11 is 0. The fraction of sp³-hybridized carbons (Fsp3) is 0.588. The highest BCUT2D eigenvalue weighted by Crippen LogP contribution is 2.32. The maximum atomic E-state index is 13.2. The number of rotatable bonds is 4. The first-order chi connectivity index (χ1) is 11.1. The Bertz CT molecular complexity index is 745. The highest BCUT2D eigenvalue weighted by atomic mass is 16.5. The minimum Gasteiger partial charge on any atom is -0.381 e. The Hall–Kier alpha value is -1.95. The van der Waals surface area contributed by atoms with Crippen LogP contribution in [0.2, 0.25) is 0 Å². The number of aromatic nitrogens is 2. The van der Waals surface area contributed by atoms with Crippen molar-refractivity contribution in [3.05, 3.63) is 23.0 Å². The maximum absolute atomic E-state index is 13.2. The van der Waals surface area contributed by atoms with Gasteiger partial charge < -0.3 is 14.2 Å². The van der Waals surface area contributed by atoms with E-state index in [1.54, 1.807) is 0 Å². The van der Waals surface area contributed by atoms with Crippen molar-refractivity contribution in [2.45, 2.75) is 39.2 Å². The number of aryl methyl sites for hydroxylation is 2. The lowest BCUT2D eigenvalue weighted by Gasteiger charge is -2.25. The molecule has 122 valence electrons. The fourth-order valence-electron chi connectivity index (χ4n) is 3.33. The van der Waals surface area contributed by atoms with Gasteiger partial charge in [0.1, 0.15) is 0 Å². The highest BCUT2D eigenvalue weighted by Gasteiger charge is 2.36. The fourth-order valence-corrected chi connectivity index (χ4v) is 3.33. The van der Waals surface area contributed by atoms with Crippen LogP contribution in [0.4, 0.5) is 0 Å². The van der Waals surface area contributed by atoms with Gasteiger partial charge in [-0.2, -0.15) is 0 Å². The van der Waals surface area contributed by atoms with Crippen molar-refractivity contribution in [1.82, 2.24) is 15.0 Å². The lowest BCUT2D eigenvalue weighted by Crippen LogP contribution is -2.37. The normalized spacial score (nSPS) is 21.0. The van der Waals surface area contributed by atoms with Gasteiger partial charge in [-0.25, -0.2) is 4.98 Å². The van der Waals surface area contributed by atoms with E-state index in [0.717, 1.165) is 55.8 Å². The third-order valence-electron chi connectivity index (χ3n) is 4.70. The number of carbonyl (C=O) groups is 1. The second-order valence-corrected chi connectivity index (χ2v) is 6.68. The number of pyridine rings is 1. The van der Waals surface area contributed by atoms with Crippen molar-refractivity contribution in [3.63, 3.8) is 0 Å². The molecule has 2 aromatic rings. The summed E-state index contributed by atoms with van der Waals surface area (Å²) in [6, 6.07) is 2.22. The molecule has 6 heteroatoms. The third-order valence-corrected chi connectivity index (χ3v) is 4.70. The van der Waals surface area contributed by atoms with E-state index in [2.05, 4.69) is 10.1 Å². The van der Waals surface area contributed by atoms with Crippen LogP contribution in [0.3, 0.4) is 0 Å². The summed E-state index contributed by atoms with van der Waals surface area (Å²) in [6.45, 7) is 6.07. The van der Waals surface area contributed by atoms with Gasteiger partial charge >= 0.3 is 0 Å². The SMILES string of the molecule is Cc1cc(C(=O)N(CC2CCOC2)C2CC2)c2c(C)noc2n1. The van der Waals surface area contributed by atoms with Crippen LogP contribution in [0.1, 0.15) is 41.0 Å². The molecule has 1 saturated heterocycles. The molecular weight excluding hydrogens is 294 g/mol. The summed E-state index contributed by atoms with van der Waals surface area (Å²) in [5.74, 6) is 0.516. The zero-order valence-corrected chi connectivity index (χ0v) is 13.5. The van der Waals surface area contributed by atoms with E-state index in [1.165, 1.54) is 0 Å². The Kier molecular flexibility index (Phi) is 3.56. The molecular formula is C17H21N3O3. The van der Waals surface area contributed by atoms with Crippen molar-refractivity contribution in [2.24, 2.45) is 5.92 Å². The van der Waals surface area contributed by atoms with E-state index < -0.39 is 0 Å². The molecule has 1 atom stereocenters. The zero-order chi connectivity index (χ0) is 16.0. The van der Waals surface area contributed by atoms with Crippen molar-refractivity contribution < 1.29 is 14.1 Å². The molecule has 23 heavy (non-hydrogen) atoms. The van der Waals surface area contributed by atoms with Gasteiger partial charge in [-0.3, -0.25) is 4.79 Å². The van der Waals surface area contributed by atoms with Crippen molar-refractivity contribution >= 4 is 17.0 Å². The Morgan fingerprint density at radius 2 is 2.17 bits per heavy atom. The summed E-state index contributed by atoms with van der Waals surface area (Å²) in [7, 11) is 0. The molecule has 0 N–H and O–H groups in total. The molecule has 4 rings (SSSR count). The molecule has 0 spiro atoms. The smallest absolute Gasteiger partial charge is 0.258 e. The molecule has 1 saturated carbocycles. The standard InChI is InChI=1S/C17H21N3O3/c1-10-7-14(15-11(2)19-23-16(15)18-10)17(21)20(13-3-4-13)8-12-5-6-22-9-12/h7,12-13H,3-6,8-9H2,1-2H3. The highest BCUT2D eigenvalue weighted by molar-refractivity contribution is 6.06. The number of nitrogens with zero attached hydrogens (tertiary/aromatic N) is 3. The van der Waals surface area contributed by atoms with Gasteiger partial charge in [-0.05, 0) is 39.2 Å². The van der Waals surface area contributed by atoms with E-state index in [0.29, 0.717) is 23.2 Å². The van der Waals surface area contributed by atoms with Gasteiger partial charge in [-0.1, -0.05) is 5.16 Å². The van der Waals surface area contributed by atoms with E-state index in [1.807, 2.05) is 24.8 Å². The van der Waals surface area contributed by atoms with Gasteiger partial charge in [0, 0.05) is 30.8 Å². The molecule has 0 aromatic carbocycles. The van der Waals surface area contributed by atoms with Gasteiger partial charge in [0.15, 0.2) is 0 Å². The summed E-state index contributed by atoms with van der Waals surface area (Å²) in [5, 5.41) is 4.72. The van der Waals surface area contributed by atoms with Crippen LogP contribution in [0.25, 0.3) is 11.1 Å². The molecule has 0 radical (unpaired) electrons. The summed E-state index contributed by atoms with van der Waals surface area (Å²) in [6.07, 6.45) is 3.22. The number of carbonyl (C=O) groups excluding carboxylic acids is 1. The first-order valence-corrected chi connectivity index (χ1v) is 8.26. The number of hydrogen-bond acceptors (Lipinski definition) is 5. The molecule has 3 heterocycles. The Morgan fingerprint density at radius 3 is 2.87 bits per heavy atom. The monoisotopic (exact) mass is 315 g/mol. The van der Waals surface area contributed by atoms with Gasteiger partial charge in [0.25, 0.3) is 11.6 Å². The largest absolute Gasteiger partial charge is 0.381 e. The summed E-state index contributed by atoms with van der Waals surface area (Å²) in [5.41, 5.74) is 2.61. The van der Waals surface area contributed by atoms with Gasteiger partial charge in [0.05, 0.1) is 23.3 Å². The maximum Gasteiger partial charge on any atom is 0.258 e. The van der Waals surface area contributed by atoms with E-state index in [9.17, 15) is 4.79 Å². The molecule has 1 unspecified atom stereocenters. The van der Waals surface area contributed by atoms with Gasteiger partial charge in [0.2, 0.25) is 0 Å². The molecule has 1 amide bonds. The summed E-state index contributed by atoms with van der Waals surface area (Å²) in [4.78, 5) is 19.6. The van der Waals surface area contributed by atoms with Gasteiger partial charge in [-0.15, -0.1) is 0 Å². The Balaban J connectivity index is 1.70. The minimum absolute atomic E-state index is 0.0706. The van der Waals surface area contributed by atoms with Crippen molar-refractivity contribution in [1.29, 1.82) is 0 Å².